The number of sulfone groups is 1. The van der Waals surface area contributed by atoms with Gasteiger partial charge in [0.15, 0.2) is 9.84 Å². The van der Waals surface area contributed by atoms with Gasteiger partial charge in [-0.05, 0) is 48.6 Å². The Hall–Kier alpha value is -2.61. The molecule has 1 aromatic carbocycles. The van der Waals surface area contributed by atoms with Gasteiger partial charge < -0.3 is 4.42 Å². The summed E-state index contributed by atoms with van der Waals surface area (Å²) < 4.78 is 56.5. The van der Waals surface area contributed by atoms with E-state index in [1.54, 1.807) is 36.6 Å². The zero-order chi connectivity index (χ0) is 23.6. The fourth-order valence-corrected chi connectivity index (χ4v) is 7.03. The predicted molar refractivity (Wildman–Crippen MR) is 122 cm³/mol. The molecule has 0 saturated carbocycles. The third-order valence-corrected chi connectivity index (χ3v) is 10.3. The summed E-state index contributed by atoms with van der Waals surface area (Å²) in [6.07, 6.45) is 1.10. The second-order valence-corrected chi connectivity index (χ2v) is 12.9. The highest BCUT2D eigenvalue weighted by Crippen LogP contribution is 2.27. The van der Waals surface area contributed by atoms with Crippen molar-refractivity contribution in [2.24, 2.45) is 5.92 Å². The number of carbonyl (C=O) groups excluding carboxylic acids is 1. The lowest BCUT2D eigenvalue weighted by atomic mass is 9.99. The molecule has 176 valence electrons. The van der Waals surface area contributed by atoms with Crippen molar-refractivity contribution in [2.45, 2.75) is 28.9 Å². The van der Waals surface area contributed by atoms with E-state index in [0.717, 1.165) is 11.3 Å². The average Bonchev–Trinajstić information content (AvgIpc) is 3.52. The van der Waals surface area contributed by atoms with Crippen molar-refractivity contribution in [3.05, 3.63) is 41.8 Å². The second-order valence-electron chi connectivity index (χ2n) is 7.46. The summed E-state index contributed by atoms with van der Waals surface area (Å²) in [5.74, 6) is -0.838. The van der Waals surface area contributed by atoms with Crippen molar-refractivity contribution in [1.82, 2.24) is 14.5 Å². The molecule has 1 saturated heterocycles. The van der Waals surface area contributed by atoms with E-state index in [1.807, 2.05) is 0 Å². The zero-order valence-electron chi connectivity index (χ0n) is 17.7. The van der Waals surface area contributed by atoms with Crippen LogP contribution in [0.4, 0.5) is 6.01 Å². The third kappa shape index (κ3) is 5.00. The average molecular weight is 511 g/mol. The van der Waals surface area contributed by atoms with Crippen LogP contribution >= 0.6 is 11.3 Å². The molecule has 13 heteroatoms. The number of sulfonamides is 1. The van der Waals surface area contributed by atoms with E-state index in [-0.39, 0.29) is 33.3 Å². The monoisotopic (exact) mass is 510 g/mol. The van der Waals surface area contributed by atoms with Crippen molar-refractivity contribution in [3.8, 4) is 11.5 Å². The maximum atomic E-state index is 12.8. The molecule has 33 heavy (non-hydrogen) atoms. The number of aromatic nitrogens is 2. The number of nitrogens with zero attached hydrogens (tertiary/aromatic N) is 3. The van der Waals surface area contributed by atoms with Crippen LogP contribution in [0.5, 0.6) is 0 Å². The van der Waals surface area contributed by atoms with E-state index in [9.17, 15) is 21.6 Å². The number of hydrogen-bond donors (Lipinski definition) is 1. The van der Waals surface area contributed by atoms with Crippen molar-refractivity contribution < 1.29 is 26.0 Å². The van der Waals surface area contributed by atoms with Crippen LogP contribution in [0.3, 0.4) is 0 Å². The van der Waals surface area contributed by atoms with Gasteiger partial charge in [-0.1, -0.05) is 18.1 Å². The molecule has 0 spiro atoms. The Morgan fingerprint density at radius 1 is 1.18 bits per heavy atom. The van der Waals surface area contributed by atoms with Crippen molar-refractivity contribution in [2.75, 3.05) is 24.2 Å². The number of nitrogens with one attached hydrogen (secondary N) is 1. The van der Waals surface area contributed by atoms with Gasteiger partial charge in [0.1, 0.15) is 4.21 Å². The molecule has 1 aliphatic rings. The van der Waals surface area contributed by atoms with Crippen LogP contribution in [0, 0.1) is 5.92 Å². The van der Waals surface area contributed by atoms with Gasteiger partial charge in [0.2, 0.25) is 11.8 Å². The minimum atomic E-state index is -3.63. The van der Waals surface area contributed by atoms with Crippen molar-refractivity contribution in [3.63, 3.8) is 0 Å². The summed E-state index contributed by atoms with van der Waals surface area (Å²) in [5.41, 5.74) is 0.504. The maximum absolute atomic E-state index is 12.8. The number of hydrogen-bond acceptors (Lipinski definition) is 9. The molecule has 1 fully saturated rings. The lowest BCUT2D eigenvalue weighted by Gasteiger charge is -2.30. The molecule has 1 aliphatic heterocycles. The highest BCUT2D eigenvalue weighted by molar-refractivity contribution is 7.91. The lowest BCUT2D eigenvalue weighted by molar-refractivity contribution is -0.121. The highest BCUT2D eigenvalue weighted by atomic mass is 32.2. The quantitative estimate of drug-likeness (QED) is 0.512. The highest BCUT2D eigenvalue weighted by Gasteiger charge is 2.34. The molecule has 10 nitrogen and oxygen atoms in total. The van der Waals surface area contributed by atoms with E-state index >= 15 is 0 Å². The van der Waals surface area contributed by atoms with Crippen molar-refractivity contribution >= 4 is 43.1 Å². The largest absolute Gasteiger partial charge is 0.403 e. The Kier molecular flexibility index (Phi) is 6.66. The summed E-state index contributed by atoms with van der Waals surface area (Å²) in [6, 6.07) is 9.14. The zero-order valence-corrected chi connectivity index (χ0v) is 20.1. The molecular formula is C20H22N4O6S3. The fraction of sp³-hybridized carbons (Fsp3) is 0.350. The molecule has 2 aromatic heterocycles. The van der Waals surface area contributed by atoms with Crippen LogP contribution < -0.4 is 5.32 Å². The Bertz CT molecular complexity index is 1330. The van der Waals surface area contributed by atoms with Gasteiger partial charge >= 0.3 is 6.01 Å². The Morgan fingerprint density at radius 2 is 1.94 bits per heavy atom. The van der Waals surface area contributed by atoms with E-state index in [1.165, 1.54) is 16.4 Å². The molecule has 0 bridgehead atoms. The predicted octanol–water partition coefficient (Wildman–Crippen LogP) is 2.63. The van der Waals surface area contributed by atoms with Gasteiger partial charge in [0.05, 0.1) is 16.6 Å². The Morgan fingerprint density at radius 3 is 2.61 bits per heavy atom. The minimum Gasteiger partial charge on any atom is -0.403 e. The normalized spacial score (nSPS) is 17.7. The third-order valence-electron chi connectivity index (χ3n) is 5.34. The molecule has 0 aliphatic carbocycles. The topological polar surface area (TPSA) is 140 Å². The Balaban J connectivity index is 1.42. The molecular weight excluding hydrogens is 488 g/mol. The summed E-state index contributed by atoms with van der Waals surface area (Å²) in [7, 11) is -6.95. The molecule has 1 atom stereocenters. The van der Waals surface area contributed by atoms with Crippen LogP contribution in [0.15, 0.2) is 55.3 Å². The van der Waals surface area contributed by atoms with Crippen LogP contribution in [0.25, 0.3) is 11.5 Å². The molecule has 3 heterocycles. The number of benzene rings is 1. The molecule has 1 amide bonds. The molecule has 1 N–H and O–H groups in total. The van der Waals surface area contributed by atoms with Crippen molar-refractivity contribution in [1.29, 1.82) is 0 Å². The molecule has 3 aromatic rings. The van der Waals surface area contributed by atoms with Crippen LogP contribution in [0.2, 0.25) is 0 Å². The summed E-state index contributed by atoms with van der Waals surface area (Å²) in [4.78, 5) is 12.9. The standard InChI is InChI=1S/C20H22N4O6S3/c1-2-32(26,27)16-9-7-14(8-10-16)19-22-23-20(30-19)21-18(25)15-5-3-11-24(13-15)33(28,29)17-6-4-12-31-17/h4,6-10,12,15H,2-3,5,11,13H2,1H3,(H,21,23,25). The smallest absolute Gasteiger partial charge is 0.322 e. The van der Waals surface area contributed by atoms with Gasteiger partial charge in [-0.25, -0.2) is 16.8 Å². The van der Waals surface area contributed by atoms with Gasteiger partial charge in [-0.2, -0.15) is 4.31 Å². The number of piperidine rings is 1. The first-order valence-corrected chi connectivity index (χ1v) is 14.2. The van der Waals surface area contributed by atoms with Crippen LogP contribution in [-0.2, 0) is 24.7 Å². The first kappa shape index (κ1) is 23.5. The van der Waals surface area contributed by atoms with Gasteiger partial charge in [-0.3, -0.25) is 10.1 Å². The van der Waals surface area contributed by atoms with E-state index in [0.29, 0.717) is 24.9 Å². The summed E-state index contributed by atoms with van der Waals surface area (Å²) in [5, 5.41) is 12.0. The van der Waals surface area contributed by atoms with E-state index in [4.69, 9.17) is 4.42 Å². The fourth-order valence-electron chi connectivity index (χ4n) is 3.48. The number of rotatable bonds is 7. The van der Waals surface area contributed by atoms with Crippen LogP contribution in [-0.4, -0.2) is 56.1 Å². The minimum absolute atomic E-state index is 0.00366. The molecule has 0 radical (unpaired) electrons. The second kappa shape index (κ2) is 9.33. The summed E-state index contributed by atoms with van der Waals surface area (Å²) >= 11 is 1.14. The van der Waals surface area contributed by atoms with E-state index < -0.39 is 31.7 Å². The lowest BCUT2D eigenvalue weighted by Crippen LogP contribution is -2.43. The first-order valence-electron chi connectivity index (χ1n) is 10.2. The number of thiophene rings is 1. The van der Waals surface area contributed by atoms with Crippen LogP contribution in [0.1, 0.15) is 19.8 Å². The first-order chi connectivity index (χ1) is 15.7. The van der Waals surface area contributed by atoms with E-state index in [2.05, 4.69) is 15.5 Å². The Labute approximate surface area is 195 Å². The summed E-state index contributed by atoms with van der Waals surface area (Å²) in [6.45, 7) is 2.00. The van der Waals surface area contributed by atoms with Gasteiger partial charge in [0.25, 0.3) is 10.0 Å². The maximum Gasteiger partial charge on any atom is 0.322 e. The SMILES string of the molecule is CCS(=O)(=O)c1ccc(-c2nnc(NC(=O)C3CCCN(S(=O)(=O)c4cccs4)C3)o2)cc1. The number of carbonyl (C=O) groups is 1. The molecule has 1 unspecified atom stereocenters. The van der Waals surface area contributed by atoms with Gasteiger partial charge in [-0.15, -0.1) is 16.4 Å². The number of amides is 1. The van der Waals surface area contributed by atoms with Gasteiger partial charge in [0, 0.05) is 18.7 Å². The number of anilines is 1. The molecule has 4 rings (SSSR count).